The standard InChI is InChI=1S/C9H13F3N2O3/c10-9(11,12)5-17-8(16)14-6-3-1-2-4-13-7(6)15/h6H,1-5H2,(H,13,15)(H,14,16)/t6-/m1/s1. The Balaban J connectivity index is 2.36. The lowest BCUT2D eigenvalue weighted by Gasteiger charge is -2.15. The molecule has 2 amide bonds. The maximum absolute atomic E-state index is 11.8. The maximum Gasteiger partial charge on any atom is 0.422 e. The molecule has 0 unspecified atom stereocenters. The number of carbonyl (C=O) groups is 2. The van der Waals surface area contributed by atoms with Crippen LogP contribution in [0.4, 0.5) is 18.0 Å². The van der Waals surface area contributed by atoms with Crippen molar-refractivity contribution < 1.29 is 27.5 Å². The van der Waals surface area contributed by atoms with Crippen LogP contribution in [0.5, 0.6) is 0 Å². The van der Waals surface area contributed by atoms with E-state index in [-0.39, 0.29) is 0 Å². The number of carbonyl (C=O) groups excluding carboxylic acids is 2. The lowest BCUT2D eigenvalue weighted by atomic mass is 10.1. The van der Waals surface area contributed by atoms with Gasteiger partial charge in [0, 0.05) is 6.54 Å². The number of hydrogen-bond donors (Lipinski definition) is 2. The van der Waals surface area contributed by atoms with Crippen LogP contribution < -0.4 is 10.6 Å². The molecule has 0 radical (unpaired) electrons. The van der Waals surface area contributed by atoms with Gasteiger partial charge in [-0.05, 0) is 19.3 Å². The second-order valence-electron chi connectivity index (χ2n) is 3.68. The Kier molecular flexibility index (Phi) is 4.59. The van der Waals surface area contributed by atoms with Crippen LogP contribution in [0.15, 0.2) is 0 Å². The van der Waals surface area contributed by atoms with Gasteiger partial charge in [0.05, 0.1) is 0 Å². The fourth-order valence-corrected chi connectivity index (χ4v) is 1.41. The summed E-state index contributed by atoms with van der Waals surface area (Å²) in [5.41, 5.74) is 0. The number of amides is 2. The Morgan fingerprint density at radius 2 is 2.18 bits per heavy atom. The van der Waals surface area contributed by atoms with Gasteiger partial charge in [0.2, 0.25) is 5.91 Å². The molecule has 0 aromatic rings. The molecule has 5 nitrogen and oxygen atoms in total. The van der Waals surface area contributed by atoms with Gasteiger partial charge >= 0.3 is 12.3 Å². The van der Waals surface area contributed by atoms with Gasteiger partial charge in [0.15, 0.2) is 6.61 Å². The van der Waals surface area contributed by atoms with E-state index in [0.717, 1.165) is 6.42 Å². The number of rotatable bonds is 2. The van der Waals surface area contributed by atoms with Crippen LogP contribution in [0.2, 0.25) is 0 Å². The van der Waals surface area contributed by atoms with Gasteiger partial charge in [-0.15, -0.1) is 0 Å². The largest absolute Gasteiger partial charge is 0.440 e. The number of nitrogens with one attached hydrogen (secondary N) is 2. The summed E-state index contributed by atoms with van der Waals surface area (Å²) in [6, 6.07) is -0.821. The molecule has 0 aromatic carbocycles. The van der Waals surface area contributed by atoms with Crippen molar-refractivity contribution >= 4 is 12.0 Å². The lowest BCUT2D eigenvalue weighted by molar-refractivity contribution is -0.160. The molecule has 1 rings (SSSR count). The van der Waals surface area contributed by atoms with Crippen LogP contribution >= 0.6 is 0 Å². The maximum atomic E-state index is 11.8. The highest BCUT2D eigenvalue weighted by atomic mass is 19.4. The topological polar surface area (TPSA) is 67.4 Å². The Labute approximate surface area is 95.7 Å². The SMILES string of the molecule is O=C(N[C@@H]1CCCCNC1=O)OCC(F)(F)F. The second-order valence-corrected chi connectivity index (χ2v) is 3.68. The third-order valence-corrected chi connectivity index (χ3v) is 2.19. The predicted octanol–water partition coefficient (Wildman–Crippen LogP) is 0.944. The van der Waals surface area contributed by atoms with Crippen molar-refractivity contribution in [2.24, 2.45) is 0 Å². The molecule has 1 saturated heterocycles. The van der Waals surface area contributed by atoms with E-state index in [2.05, 4.69) is 15.4 Å². The summed E-state index contributed by atoms with van der Waals surface area (Å²) >= 11 is 0. The zero-order chi connectivity index (χ0) is 12.9. The zero-order valence-electron chi connectivity index (χ0n) is 8.97. The smallest absolute Gasteiger partial charge is 0.422 e. The molecule has 1 atom stereocenters. The molecular formula is C9H13F3N2O3. The minimum Gasteiger partial charge on any atom is -0.440 e. The van der Waals surface area contributed by atoms with Crippen molar-refractivity contribution in [3.8, 4) is 0 Å². The first kappa shape index (κ1) is 13.6. The highest BCUT2D eigenvalue weighted by Crippen LogP contribution is 2.14. The van der Waals surface area contributed by atoms with Crippen molar-refractivity contribution in [3.63, 3.8) is 0 Å². The third kappa shape index (κ3) is 5.41. The zero-order valence-corrected chi connectivity index (χ0v) is 8.97. The van der Waals surface area contributed by atoms with Crippen LogP contribution in [-0.2, 0) is 9.53 Å². The molecular weight excluding hydrogens is 241 g/mol. The summed E-state index contributed by atoms with van der Waals surface area (Å²) < 4.78 is 39.2. The fourth-order valence-electron chi connectivity index (χ4n) is 1.41. The van der Waals surface area contributed by atoms with Gasteiger partial charge < -0.3 is 15.4 Å². The Hall–Kier alpha value is -1.47. The van der Waals surface area contributed by atoms with Gasteiger partial charge in [-0.1, -0.05) is 0 Å². The van der Waals surface area contributed by atoms with Gasteiger partial charge in [-0.25, -0.2) is 4.79 Å². The number of hydrogen-bond acceptors (Lipinski definition) is 3. The van der Waals surface area contributed by atoms with Crippen molar-refractivity contribution in [1.82, 2.24) is 10.6 Å². The molecule has 98 valence electrons. The Bertz CT molecular complexity index is 294. The summed E-state index contributed by atoms with van der Waals surface area (Å²) in [6.07, 6.45) is -3.91. The molecule has 0 bridgehead atoms. The van der Waals surface area contributed by atoms with E-state index in [1.54, 1.807) is 0 Å². The number of alkyl halides is 3. The molecule has 17 heavy (non-hydrogen) atoms. The average Bonchev–Trinajstić information content (AvgIpc) is 2.41. The summed E-state index contributed by atoms with van der Waals surface area (Å²) in [5, 5.41) is 4.65. The van der Waals surface area contributed by atoms with E-state index >= 15 is 0 Å². The van der Waals surface area contributed by atoms with Gasteiger partial charge in [0.1, 0.15) is 6.04 Å². The van der Waals surface area contributed by atoms with Gasteiger partial charge in [0.25, 0.3) is 0 Å². The second kappa shape index (κ2) is 5.74. The van der Waals surface area contributed by atoms with E-state index in [9.17, 15) is 22.8 Å². The quantitative estimate of drug-likeness (QED) is 0.770. The molecule has 1 aliphatic heterocycles. The van der Waals surface area contributed by atoms with Crippen molar-refractivity contribution in [2.45, 2.75) is 31.5 Å². The molecule has 1 aliphatic rings. The molecule has 0 spiro atoms. The van der Waals surface area contributed by atoms with E-state index in [1.165, 1.54) is 0 Å². The summed E-state index contributed by atoms with van der Waals surface area (Å²) in [5.74, 6) is -0.397. The van der Waals surface area contributed by atoms with Crippen molar-refractivity contribution in [3.05, 3.63) is 0 Å². The van der Waals surface area contributed by atoms with E-state index in [1.807, 2.05) is 0 Å². The molecule has 1 heterocycles. The molecule has 0 aliphatic carbocycles. The summed E-state index contributed by atoms with van der Waals surface area (Å²) in [4.78, 5) is 22.3. The van der Waals surface area contributed by atoms with E-state index in [4.69, 9.17) is 0 Å². The first-order valence-electron chi connectivity index (χ1n) is 5.16. The van der Waals surface area contributed by atoms with Crippen LogP contribution in [0, 0.1) is 0 Å². The summed E-state index contributed by atoms with van der Waals surface area (Å²) in [6.45, 7) is -1.15. The minimum atomic E-state index is -4.57. The van der Waals surface area contributed by atoms with E-state index in [0.29, 0.717) is 19.4 Å². The van der Waals surface area contributed by atoms with Gasteiger partial charge in [-0.3, -0.25) is 4.79 Å². The van der Waals surface area contributed by atoms with Crippen LogP contribution in [0.1, 0.15) is 19.3 Å². The normalized spacial score (nSPS) is 21.4. The molecule has 8 heteroatoms. The Morgan fingerprint density at radius 3 is 2.82 bits per heavy atom. The van der Waals surface area contributed by atoms with Crippen LogP contribution in [0.3, 0.4) is 0 Å². The Morgan fingerprint density at radius 1 is 1.47 bits per heavy atom. The number of alkyl carbamates (subject to hydrolysis) is 1. The first-order valence-corrected chi connectivity index (χ1v) is 5.16. The summed E-state index contributed by atoms with van der Waals surface area (Å²) in [7, 11) is 0. The third-order valence-electron chi connectivity index (χ3n) is 2.19. The monoisotopic (exact) mass is 254 g/mol. The predicted molar refractivity (Wildman–Crippen MR) is 51.2 cm³/mol. The number of ether oxygens (including phenoxy) is 1. The highest BCUT2D eigenvalue weighted by Gasteiger charge is 2.30. The van der Waals surface area contributed by atoms with E-state index < -0.39 is 30.8 Å². The van der Waals surface area contributed by atoms with Crippen LogP contribution in [0.25, 0.3) is 0 Å². The first-order chi connectivity index (χ1) is 7.88. The average molecular weight is 254 g/mol. The van der Waals surface area contributed by atoms with Crippen LogP contribution in [-0.4, -0.2) is 37.4 Å². The van der Waals surface area contributed by atoms with Gasteiger partial charge in [-0.2, -0.15) is 13.2 Å². The molecule has 1 fully saturated rings. The molecule has 0 saturated carbocycles. The molecule has 2 N–H and O–H groups in total. The fraction of sp³-hybridized carbons (Fsp3) is 0.778. The molecule has 0 aromatic heterocycles. The highest BCUT2D eigenvalue weighted by molar-refractivity contribution is 5.85. The number of halogens is 3. The van der Waals surface area contributed by atoms with Crippen molar-refractivity contribution in [1.29, 1.82) is 0 Å². The van der Waals surface area contributed by atoms with Crippen molar-refractivity contribution in [2.75, 3.05) is 13.2 Å². The lowest BCUT2D eigenvalue weighted by Crippen LogP contribution is -2.46. The minimum absolute atomic E-state index is 0.396.